The summed E-state index contributed by atoms with van der Waals surface area (Å²) in [7, 11) is 1.70. The molecule has 1 aromatic carbocycles. The van der Waals surface area contributed by atoms with Gasteiger partial charge in [0.05, 0.1) is 4.92 Å². The average Bonchev–Trinajstić information content (AvgIpc) is 2.17. The Kier molecular flexibility index (Phi) is 2.67. The minimum Gasteiger partial charge on any atom is -0.388 e. The van der Waals surface area contributed by atoms with E-state index in [2.05, 4.69) is 5.32 Å². The highest BCUT2D eigenvalue weighted by molar-refractivity contribution is 5.62. The predicted octanol–water partition coefficient (Wildman–Crippen LogP) is 1.82. The van der Waals surface area contributed by atoms with Gasteiger partial charge < -0.3 is 5.32 Å². The molecule has 0 aliphatic rings. The van der Waals surface area contributed by atoms with Crippen molar-refractivity contribution in [3.8, 4) is 6.07 Å². The first-order chi connectivity index (χ1) is 6.60. The Labute approximate surface area is 81.1 Å². The van der Waals surface area contributed by atoms with Crippen molar-refractivity contribution >= 4 is 11.4 Å². The molecule has 14 heavy (non-hydrogen) atoms. The molecule has 0 saturated carbocycles. The van der Waals surface area contributed by atoms with Gasteiger partial charge >= 0.3 is 0 Å². The number of nitro groups is 1. The molecule has 0 unspecified atom stereocenters. The van der Waals surface area contributed by atoms with Gasteiger partial charge in [-0.1, -0.05) is 0 Å². The summed E-state index contributed by atoms with van der Waals surface area (Å²) in [6.45, 7) is 1.75. The van der Waals surface area contributed by atoms with Crippen molar-refractivity contribution in [2.75, 3.05) is 12.4 Å². The first-order valence-corrected chi connectivity index (χ1v) is 3.97. The molecular weight excluding hydrogens is 182 g/mol. The number of anilines is 1. The van der Waals surface area contributed by atoms with Crippen LogP contribution in [0, 0.1) is 28.4 Å². The SMILES string of the molecule is CNc1cc(C#N)c([N+](=O)[O-])cc1C. The van der Waals surface area contributed by atoms with Gasteiger partial charge in [-0.2, -0.15) is 5.26 Å². The molecule has 0 aromatic heterocycles. The molecule has 1 N–H and O–H groups in total. The molecule has 1 rings (SSSR count). The highest BCUT2D eigenvalue weighted by Gasteiger charge is 2.15. The van der Waals surface area contributed by atoms with E-state index < -0.39 is 4.92 Å². The van der Waals surface area contributed by atoms with Gasteiger partial charge in [0.2, 0.25) is 0 Å². The zero-order chi connectivity index (χ0) is 10.7. The van der Waals surface area contributed by atoms with Crippen LogP contribution in [0.2, 0.25) is 0 Å². The van der Waals surface area contributed by atoms with E-state index >= 15 is 0 Å². The fourth-order valence-corrected chi connectivity index (χ4v) is 1.20. The van der Waals surface area contributed by atoms with E-state index in [1.54, 1.807) is 20.0 Å². The molecular formula is C9H9N3O2. The Morgan fingerprint density at radius 1 is 1.57 bits per heavy atom. The van der Waals surface area contributed by atoms with Crippen molar-refractivity contribution in [2.45, 2.75) is 6.92 Å². The van der Waals surface area contributed by atoms with Crippen LogP contribution in [0.3, 0.4) is 0 Å². The third-order valence-electron chi connectivity index (χ3n) is 1.93. The van der Waals surface area contributed by atoms with Gasteiger partial charge in [-0.15, -0.1) is 0 Å². The molecule has 5 nitrogen and oxygen atoms in total. The third-order valence-corrected chi connectivity index (χ3v) is 1.93. The predicted molar refractivity (Wildman–Crippen MR) is 52.1 cm³/mol. The van der Waals surface area contributed by atoms with Crippen molar-refractivity contribution in [1.82, 2.24) is 0 Å². The lowest BCUT2D eigenvalue weighted by Crippen LogP contribution is -1.97. The van der Waals surface area contributed by atoms with Gasteiger partial charge in [-0.25, -0.2) is 0 Å². The standard InChI is InChI=1S/C9H9N3O2/c1-6-3-9(12(13)14)7(5-10)4-8(6)11-2/h3-4,11H,1-2H3. The largest absolute Gasteiger partial charge is 0.388 e. The smallest absolute Gasteiger partial charge is 0.287 e. The van der Waals surface area contributed by atoms with Crippen molar-refractivity contribution in [3.05, 3.63) is 33.4 Å². The van der Waals surface area contributed by atoms with Crippen LogP contribution in [0.5, 0.6) is 0 Å². The van der Waals surface area contributed by atoms with E-state index in [0.29, 0.717) is 0 Å². The second-order valence-corrected chi connectivity index (χ2v) is 2.80. The molecule has 0 radical (unpaired) electrons. The maximum Gasteiger partial charge on any atom is 0.287 e. The zero-order valence-corrected chi connectivity index (χ0v) is 7.87. The van der Waals surface area contributed by atoms with Gasteiger partial charge in [0.25, 0.3) is 5.69 Å². The molecule has 1 aromatic rings. The fourth-order valence-electron chi connectivity index (χ4n) is 1.20. The van der Waals surface area contributed by atoms with Crippen LogP contribution in [0.4, 0.5) is 11.4 Å². The summed E-state index contributed by atoms with van der Waals surface area (Å²) >= 11 is 0. The number of nitro benzene ring substituents is 1. The normalized spacial score (nSPS) is 9.21. The van der Waals surface area contributed by atoms with Gasteiger partial charge in [-0.05, 0) is 18.6 Å². The summed E-state index contributed by atoms with van der Waals surface area (Å²) in [5.74, 6) is 0. The molecule has 0 fully saturated rings. The summed E-state index contributed by atoms with van der Waals surface area (Å²) in [5.41, 5.74) is 1.40. The monoisotopic (exact) mass is 191 g/mol. The first kappa shape index (κ1) is 9.99. The maximum absolute atomic E-state index is 10.6. The van der Waals surface area contributed by atoms with Gasteiger partial charge in [-0.3, -0.25) is 10.1 Å². The van der Waals surface area contributed by atoms with Gasteiger partial charge in [0, 0.05) is 18.8 Å². The van der Waals surface area contributed by atoms with Crippen LogP contribution in [0.15, 0.2) is 12.1 Å². The molecule has 0 heterocycles. The average molecular weight is 191 g/mol. The summed E-state index contributed by atoms with van der Waals surface area (Å²) in [4.78, 5) is 10.0. The molecule has 0 bridgehead atoms. The van der Waals surface area contributed by atoms with Crippen molar-refractivity contribution in [2.24, 2.45) is 0 Å². The first-order valence-electron chi connectivity index (χ1n) is 3.97. The van der Waals surface area contributed by atoms with Crippen molar-refractivity contribution < 1.29 is 4.92 Å². The lowest BCUT2D eigenvalue weighted by atomic mass is 10.1. The Bertz CT molecular complexity index is 421. The lowest BCUT2D eigenvalue weighted by molar-refractivity contribution is -0.385. The number of nitrogens with zero attached hydrogens (tertiary/aromatic N) is 2. The van der Waals surface area contributed by atoms with Crippen LogP contribution in [0.25, 0.3) is 0 Å². The topological polar surface area (TPSA) is 79.0 Å². The van der Waals surface area contributed by atoms with Crippen LogP contribution in [-0.4, -0.2) is 12.0 Å². The van der Waals surface area contributed by atoms with E-state index in [-0.39, 0.29) is 11.3 Å². The Morgan fingerprint density at radius 2 is 2.21 bits per heavy atom. The Hall–Kier alpha value is -2.09. The third kappa shape index (κ3) is 1.64. The van der Waals surface area contributed by atoms with Gasteiger partial charge in [0.15, 0.2) is 0 Å². The Morgan fingerprint density at radius 3 is 2.64 bits per heavy atom. The fraction of sp³-hybridized carbons (Fsp3) is 0.222. The van der Waals surface area contributed by atoms with Crippen LogP contribution in [-0.2, 0) is 0 Å². The van der Waals surface area contributed by atoms with E-state index in [1.165, 1.54) is 12.1 Å². The quantitative estimate of drug-likeness (QED) is 0.571. The molecule has 0 amide bonds. The maximum atomic E-state index is 10.6. The number of nitriles is 1. The number of rotatable bonds is 2. The van der Waals surface area contributed by atoms with Crippen LogP contribution < -0.4 is 5.32 Å². The molecule has 72 valence electrons. The highest BCUT2D eigenvalue weighted by atomic mass is 16.6. The Balaban J connectivity index is 3.41. The molecule has 0 aliphatic heterocycles. The molecule has 0 atom stereocenters. The summed E-state index contributed by atoms with van der Waals surface area (Å²) in [6, 6.07) is 4.67. The second kappa shape index (κ2) is 3.75. The van der Waals surface area contributed by atoms with Crippen molar-refractivity contribution in [1.29, 1.82) is 5.26 Å². The number of hydrogen-bond acceptors (Lipinski definition) is 4. The molecule has 0 aliphatic carbocycles. The summed E-state index contributed by atoms with van der Waals surface area (Å²) in [5, 5.41) is 22.1. The lowest BCUT2D eigenvalue weighted by Gasteiger charge is -2.05. The highest BCUT2D eigenvalue weighted by Crippen LogP contribution is 2.25. The van der Waals surface area contributed by atoms with E-state index in [0.717, 1.165) is 11.3 Å². The van der Waals surface area contributed by atoms with Crippen LogP contribution in [0.1, 0.15) is 11.1 Å². The molecule has 5 heteroatoms. The van der Waals surface area contributed by atoms with E-state index in [1.807, 2.05) is 0 Å². The second-order valence-electron chi connectivity index (χ2n) is 2.80. The number of hydrogen-bond donors (Lipinski definition) is 1. The van der Waals surface area contributed by atoms with E-state index in [4.69, 9.17) is 5.26 Å². The minimum absolute atomic E-state index is 0.0740. The van der Waals surface area contributed by atoms with Gasteiger partial charge in [0.1, 0.15) is 11.6 Å². The number of aryl methyl sites for hydroxylation is 1. The zero-order valence-electron chi connectivity index (χ0n) is 7.87. The number of benzene rings is 1. The number of nitrogens with one attached hydrogen (secondary N) is 1. The van der Waals surface area contributed by atoms with Crippen molar-refractivity contribution in [3.63, 3.8) is 0 Å². The summed E-state index contributed by atoms with van der Waals surface area (Å²) < 4.78 is 0. The van der Waals surface area contributed by atoms with E-state index in [9.17, 15) is 10.1 Å². The summed E-state index contributed by atoms with van der Waals surface area (Å²) in [6.07, 6.45) is 0. The minimum atomic E-state index is -0.551. The van der Waals surface area contributed by atoms with Crippen LogP contribution >= 0.6 is 0 Å². The molecule has 0 spiro atoms. The molecule has 0 saturated heterocycles.